The van der Waals surface area contributed by atoms with Gasteiger partial charge >= 0.3 is 0 Å². The molecular formula is C14H14ClNO3S. The lowest BCUT2D eigenvalue weighted by atomic mass is 10.2. The second-order valence-electron chi connectivity index (χ2n) is 4.39. The van der Waals surface area contributed by atoms with Crippen molar-refractivity contribution in [1.82, 2.24) is 0 Å². The summed E-state index contributed by atoms with van der Waals surface area (Å²) in [7, 11) is -3.73. The van der Waals surface area contributed by atoms with Gasteiger partial charge in [0.1, 0.15) is 0 Å². The largest absolute Gasteiger partial charge is 0.392 e. The number of hydrogen-bond acceptors (Lipinski definition) is 3. The van der Waals surface area contributed by atoms with Gasteiger partial charge in [-0.15, -0.1) is 0 Å². The van der Waals surface area contributed by atoms with Crippen molar-refractivity contribution in [2.24, 2.45) is 0 Å². The van der Waals surface area contributed by atoms with E-state index in [1.165, 1.54) is 12.1 Å². The van der Waals surface area contributed by atoms with E-state index in [0.717, 1.165) is 5.56 Å². The SMILES string of the molecule is Cc1ccc(Cl)c(NS(=O)(=O)c2cccc(CO)c2)c1. The minimum absolute atomic E-state index is 0.0848. The number of halogens is 1. The molecule has 0 saturated carbocycles. The molecule has 0 radical (unpaired) electrons. The minimum Gasteiger partial charge on any atom is -0.392 e. The zero-order chi connectivity index (χ0) is 14.8. The van der Waals surface area contributed by atoms with E-state index in [1.54, 1.807) is 30.3 Å². The van der Waals surface area contributed by atoms with Crippen LogP contribution in [0.25, 0.3) is 0 Å². The van der Waals surface area contributed by atoms with Crippen molar-refractivity contribution in [3.8, 4) is 0 Å². The van der Waals surface area contributed by atoms with Gasteiger partial charge in [0.25, 0.3) is 10.0 Å². The standard InChI is InChI=1S/C14H14ClNO3S/c1-10-5-6-13(15)14(7-10)16-20(18,19)12-4-2-3-11(8-12)9-17/h2-8,16-17H,9H2,1H3. The summed E-state index contributed by atoms with van der Waals surface area (Å²) < 4.78 is 27.0. The molecule has 2 aromatic rings. The van der Waals surface area contributed by atoms with Gasteiger partial charge in [-0.1, -0.05) is 29.8 Å². The summed E-state index contributed by atoms with van der Waals surface area (Å²) in [5.41, 5.74) is 1.76. The van der Waals surface area contributed by atoms with Crippen LogP contribution in [0.5, 0.6) is 0 Å². The molecule has 2 N–H and O–H groups in total. The number of nitrogens with one attached hydrogen (secondary N) is 1. The highest BCUT2D eigenvalue weighted by Gasteiger charge is 2.16. The first-order valence-corrected chi connectivity index (χ1v) is 7.77. The lowest BCUT2D eigenvalue weighted by Gasteiger charge is -2.11. The summed E-state index contributed by atoms with van der Waals surface area (Å²) in [4.78, 5) is 0.0848. The van der Waals surface area contributed by atoms with Crippen LogP contribution < -0.4 is 4.72 Å². The highest BCUT2D eigenvalue weighted by molar-refractivity contribution is 7.92. The van der Waals surface area contributed by atoms with Crippen molar-refractivity contribution in [2.45, 2.75) is 18.4 Å². The Bertz CT molecular complexity index is 729. The minimum atomic E-state index is -3.73. The van der Waals surface area contributed by atoms with E-state index >= 15 is 0 Å². The summed E-state index contributed by atoms with van der Waals surface area (Å²) in [6.45, 7) is 1.63. The average molecular weight is 312 g/mol. The van der Waals surface area contributed by atoms with E-state index in [4.69, 9.17) is 16.7 Å². The zero-order valence-corrected chi connectivity index (χ0v) is 12.4. The van der Waals surface area contributed by atoms with Crippen LogP contribution in [0.4, 0.5) is 5.69 Å². The van der Waals surface area contributed by atoms with Crippen LogP contribution in [-0.2, 0) is 16.6 Å². The predicted molar refractivity (Wildman–Crippen MR) is 79.4 cm³/mol. The van der Waals surface area contributed by atoms with Crippen LogP contribution in [0.15, 0.2) is 47.4 Å². The fourth-order valence-electron chi connectivity index (χ4n) is 1.73. The lowest BCUT2D eigenvalue weighted by Crippen LogP contribution is -2.13. The first-order chi connectivity index (χ1) is 9.42. The van der Waals surface area contributed by atoms with E-state index in [0.29, 0.717) is 16.3 Å². The molecule has 0 saturated heterocycles. The van der Waals surface area contributed by atoms with Crippen molar-refractivity contribution < 1.29 is 13.5 Å². The van der Waals surface area contributed by atoms with Gasteiger partial charge in [0.15, 0.2) is 0 Å². The second kappa shape index (κ2) is 5.83. The number of anilines is 1. The molecule has 0 bridgehead atoms. The van der Waals surface area contributed by atoms with Gasteiger partial charge in [-0.25, -0.2) is 8.42 Å². The molecule has 2 rings (SSSR count). The molecule has 0 heterocycles. The molecule has 0 aromatic heterocycles. The van der Waals surface area contributed by atoms with E-state index in [2.05, 4.69) is 4.72 Å². The van der Waals surface area contributed by atoms with Gasteiger partial charge in [0, 0.05) is 0 Å². The van der Waals surface area contributed by atoms with Crippen LogP contribution >= 0.6 is 11.6 Å². The van der Waals surface area contributed by atoms with E-state index < -0.39 is 10.0 Å². The van der Waals surface area contributed by atoms with Gasteiger partial charge < -0.3 is 5.11 Å². The third kappa shape index (κ3) is 3.30. The Morgan fingerprint density at radius 1 is 1.20 bits per heavy atom. The fraction of sp³-hybridized carbons (Fsp3) is 0.143. The topological polar surface area (TPSA) is 66.4 Å². The Hall–Kier alpha value is -1.56. The molecule has 4 nitrogen and oxygen atoms in total. The summed E-state index contributed by atoms with van der Waals surface area (Å²) in [6, 6.07) is 11.2. The van der Waals surface area contributed by atoms with Gasteiger partial charge in [-0.3, -0.25) is 4.72 Å². The Kier molecular flexibility index (Phi) is 4.32. The maximum absolute atomic E-state index is 12.3. The summed E-state index contributed by atoms with van der Waals surface area (Å²) >= 11 is 5.98. The number of hydrogen-bond donors (Lipinski definition) is 2. The number of benzene rings is 2. The Morgan fingerprint density at radius 3 is 2.65 bits per heavy atom. The lowest BCUT2D eigenvalue weighted by molar-refractivity contribution is 0.281. The van der Waals surface area contributed by atoms with Crippen molar-refractivity contribution in [2.75, 3.05) is 4.72 Å². The van der Waals surface area contributed by atoms with Crippen molar-refractivity contribution in [1.29, 1.82) is 0 Å². The monoisotopic (exact) mass is 311 g/mol. The average Bonchev–Trinajstić information content (AvgIpc) is 2.43. The van der Waals surface area contributed by atoms with Gasteiger partial charge in [0.05, 0.1) is 22.2 Å². The molecule has 20 heavy (non-hydrogen) atoms. The second-order valence-corrected chi connectivity index (χ2v) is 6.48. The van der Waals surface area contributed by atoms with Crippen LogP contribution in [0.2, 0.25) is 5.02 Å². The van der Waals surface area contributed by atoms with Gasteiger partial charge in [-0.2, -0.15) is 0 Å². The summed E-state index contributed by atoms with van der Waals surface area (Å²) in [5.74, 6) is 0. The highest BCUT2D eigenvalue weighted by Crippen LogP contribution is 2.25. The zero-order valence-electron chi connectivity index (χ0n) is 10.8. The summed E-state index contributed by atoms with van der Waals surface area (Å²) in [5, 5.41) is 9.39. The predicted octanol–water partition coefficient (Wildman–Crippen LogP) is 2.94. The Balaban J connectivity index is 2.38. The van der Waals surface area contributed by atoms with Crippen LogP contribution in [0.1, 0.15) is 11.1 Å². The van der Waals surface area contributed by atoms with Gasteiger partial charge in [0.2, 0.25) is 0 Å². The van der Waals surface area contributed by atoms with Gasteiger partial charge in [-0.05, 0) is 42.3 Å². The van der Waals surface area contributed by atoms with Crippen LogP contribution in [0, 0.1) is 6.92 Å². The maximum Gasteiger partial charge on any atom is 0.261 e. The molecule has 0 aliphatic rings. The van der Waals surface area contributed by atoms with Crippen LogP contribution in [0.3, 0.4) is 0 Å². The quantitative estimate of drug-likeness (QED) is 0.912. The summed E-state index contributed by atoms with van der Waals surface area (Å²) in [6.07, 6.45) is 0. The first-order valence-electron chi connectivity index (χ1n) is 5.91. The molecule has 0 fully saturated rings. The normalized spacial score (nSPS) is 11.3. The van der Waals surface area contributed by atoms with E-state index in [9.17, 15) is 8.42 Å². The number of aliphatic hydroxyl groups is 1. The number of rotatable bonds is 4. The molecule has 0 atom stereocenters. The first kappa shape index (κ1) is 14.8. The Labute approximate surface area is 123 Å². The molecule has 0 aliphatic carbocycles. The molecule has 0 unspecified atom stereocenters. The number of aliphatic hydroxyl groups excluding tert-OH is 1. The third-order valence-corrected chi connectivity index (χ3v) is 4.45. The third-order valence-electron chi connectivity index (χ3n) is 2.76. The smallest absolute Gasteiger partial charge is 0.261 e. The molecule has 6 heteroatoms. The van der Waals surface area contributed by atoms with Crippen molar-refractivity contribution >= 4 is 27.3 Å². The molecule has 0 amide bonds. The Morgan fingerprint density at radius 2 is 1.95 bits per heavy atom. The molecule has 0 spiro atoms. The van der Waals surface area contributed by atoms with Crippen LogP contribution in [-0.4, -0.2) is 13.5 Å². The molecule has 2 aromatic carbocycles. The fourth-order valence-corrected chi connectivity index (χ4v) is 3.09. The van der Waals surface area contributed by atoms with Crippen molar-refractivity contribution in [3.63, 3.8) is 0 Å². The maximum atomic E-state index is 12.3. The molecule has 0 aliphatic heterocycles. The highest BCUT2D eigenvalue weighted by atomic mass is 35.5. The number of aryl methyl sites for hydroxylation is 1. The van der Waals surface area contributed by atoms with E-state index in [-0.39, 0.29) is 11.5 Å². The molecule has 106 valence electrons. The number of sulfonamides is 1. The van der Waals surface area contributed by atoms with Crippen molar-refractivity contribution in [3.05, 3.63) is 58.6 Å². The van der Waals surface area contributed by atoms with E-state index in [1.807, 2.05) is 6.92 Å². The molecular weight excluding hydrogens is 298 g/mol.